The van der Waals surface area contributed by atoms with Crippen LogP contribution in [0.1, 0.15) is 35.2 Å². The molecule has 150 valence electrons. The largest absolute Gasteiger partial charge is 0.335 e. The number of rotatable bonds is 5. The van der Waals surface area contributed by atoms with Crippen molar-refractivity contribution in [2.45, 2.75) is 32.4 Å². The molecule has 1 unspecified atom stereocenters. The van der Waals surface area contributed by atoms with E-state index in [2.05, 4.69) is 4.72 Å². The number of amides is 1. The van der Waals surface area contributed by atoms with Gasteiger partial charge in [0.1, 0.15) is 0 Å². The Kier molecular flexibility index (Phi) is 6.34. The van der Waals surface area contributed by atoms with Gasteiger partial charge in [0.25, 0.3) is 0 Å². The van der Waals surface area contributed by atoms with E-state index in [1.165, 1.54) is 0 Å². The third kappa shape index (κ3) is 4.69. The maximum absolute atomic E-state index is 13.0. The van der Waals surface area contributed by atoms with Gasteiger partial charge in [-0.3, -0.25) is 4.79 Å². The summed E-state index contributed by atoms with van der Waals surface area (Å²) in [6.45, 7) is 2.79. The van der Waals surface area contributed by atoms with Crippen LogP contribution >= 0.6 is 23.2 Å². The summed E-state index contributed by atoms with van der Waals surface area (Å²) in [6.07, 6.45) is 1.96. The summed E-state index contributed by atoms with van der Waals surface area (Å²) in [7, 11) is -3.27. The normalized spacial score (nSPS) is 16.7. The SMILES string of the molecule is CC1c2cccc(CNS(C)(=O)=O)c2CCN1C(=O)Cc1c(Cl)cccc1Cl. The van der Waals surface area contributed by atoms with E-state index >= 15 is 0 Å². The zero-order valence-electron chi connectivity index (χ0n) is 15.7. The van der Waals surface area contributed by atoms with Crippen molar-refractivity contribution in [1.29, 1.82) is 0 Å². The Morgan fingerprint density at radius 1 is 1.18 bits per heavy atom. The molecule has 1 atom stereocenters. The number of hydrogen-bond donors (Lipinski definition) is 1. The Labute approximate surface area is 175 Å². The summed E-state index contributed by atoms with van der Waals surface area (Å²) >= 11 is 12.4. The molecule has 0 radical (unpaired) electrons. The summed E-state index contributed by atoms with van der Waals surface area (Å²) in [6, 6.07) is 10.9. The Bertz CT molecular complexity index is 988. The standard InChI is InChI=1S/C20H22Cl2N2O3S/c1-13-15-6-3-5-14(12-23-28(2,26)27)16(15)9-10-24(13)20(25)11-17-18(21)7-4-8-19(17)22/h3-8,13,23H,9-12H2,1-2H3. The third-order valence-electron chi connectivity index (χ3n) is 5.06. The highest BCUT2D eigenvalue weighted by molar-refractivity contribution is 7.88. The lowest BCUT2D eigenvalue weighted by atomic mass is 9.89. The van der Waals surface area contributed by atoms with Crippen LogP contribution in [0.2, 0.25) is 10.0 Å². The predicted octanol–water partition coefficient (Wildman–Crippen LogP) is 3.73. The van der Waals surface area contributed by atoms with E-state index in [0.29, 0.717) is 28.6 Å². The van der Waals surface area contributed by atoms with Crippen LogP contribution in [-0.4, -0.2) is 32.0 Å². The topological polar surface area (TPSA) is 66.5 Å². The summed E-state index contributed by atoms with van der Waals surface area (Å²) < 4.78 is 25.4. The molecule has 0 fully saturated rings. The van der Waals surface area contributed by atoms with Crippen LogP contribution < -0.4 is 4.72 Å². The van der Waals surface area contributed by atoms with Crippen LogP contribution in [0.15, 0.2) is 36.4 Å². The molecule has 1 N–H and O–H groups in total. The highest BCUT2D eigenvalue weighted by Crippen LogP contribution is 2.33. The Balaban J connectivity index is 1.81. The molecule has 1 heterocycles. The van der Waals surface area contributed by atoms with Crippen LogP contribution in [0, 0.1) is 0 Å². The van der Waals surface area contributed by atoms with Crippen LogP contribution in [0.4, 0.5) is 0 Å². The molecule has 0 saturated carbocycles. The van der Waals surface area contributed by atoms with Crippen LogP contribution in [0.3, 0.4) is 0 Å². The van der Waals surface area contributed by atoms with Gasteiger partial charge in [0.05, 0.1) is 18.7 Å². The lowest BCUT2D eigenvalue weighted by molar-refractivity contribution is -0.133. The van der Waals surface area contributed by atoms with Gasteiger partial charge in [-0.2, -0.15) is 0 Å². The fourth-order valence-corrected chi connectivity index (χ4v) is 4.56. The molecule has 28 heavy (non-hydrogen) atoms. The number of nitrogens with one attached hydrogen (secondary N) is 1. The molecule has 0 spiro atoms. The van der Waals surface area contributed by atoms with E-state index in [9.17, 15) is 13.2 Å². The minimum absolute atomic E-state index is 0.0344. The Hall–Kier alpha value is -1.60. The minimum Gasteiger partial charge on any atom is -0.335 e. The molecular formula is C20H22Cl2N2O3S. The van der Waals surface area contributed by atoms with Crippen LogP contribution in [0.5, 0.6) is 0 Å². The average molecular weight is 441 g/mol. The number of halogens is 2. The summed E-state index contributed by atoms with van der Waals surface area (Å²) in [5.74, 6) is -0.0344. The molecule has 3 rings (SSSR count). The molecule has 0 bridgehead atoms. The van der Waals surface area contributed by atoms with Gasteiger partial charge >= 0.3 is 0 Å². The number of benzene rings is 2. The first-order valence-corrected chi connectivity index (χ1v) is 11.6. The predicted molar refractivity (Wildman–Crippen MR) is 112 cm³/mol. The highest BCUT2D eigenvalue weighted by Gasteiger charge is 2.29. The lowest BCUT2D eigenvalue weighted by Gasteiger charge is -2.36. The van der Waals surface area contributed by atoms with Gasteiger partial charge in [-0.05, 0) is 47.7 Å². The van der Waals surface area contributed by atoms with Crippen molar-refractivity contribution >= 4 is 39.1 Å². The second-order valence-corrected chi connectivity index (χ2v) is 9.62. The lowest BCUT2D eigenvalue weighted by Crippen LogP contribution is -2.40. The van der Waals surface area contributed by atoms with E-state index in [4.69, 9.17) is 23.2 Å². The molecule has 1 amide bonds. The average Bonchev–Trinajstić information content (AvgIpc) is 2.63. The molecule has 0 aromatic heterocycles. The van der Waals surface area contributed by atoms with E-state index in [1.807, 2.05) is 30.0 Å². The number of hydrogen-bond acceptors (Lipinski definition) is 3. The van der Waals surface area contributed by atoms with E-state index in [0.717, 1.165) is 22.9 Å². The Morgan fingerprint density at radius 2 is 1.82 bits per heavy atom. The summed E-state index contributed by atoms with van der Waals surface area (Å²) in [4.78, 5) is 14.8. The van der Waals surface area contributed by atoms with Gasteiger partial charge in [0.2, 0.25) is 15.9 Å². The van der Waals surface area contributed by atoms with Gasteiger partial charge in [-0.25, -0.2) is 13.1 Å². The first-order valence-electron chi connectivity index (χ1n) is 8.95. The minimum atomic E-state index is -3.27. The van der Waals surface area contributed by atoms with E-state index in [-0.39, 0.29) is 24.9 Å². The first-order chi connectivity index (χ1) is 13.2. The highest BCUT2D eigenvalue weighted by atomic mass is 35.5. The molecule has 2 aromatic carbocycles. The van der Waals surface area contributed by atoms with Crippen molar-refractivity contribution in [3.63, 3.8) is 0 Å². The van der Waals surface area contributed by atoms with Crippen molar-refractivity contribution in [2.75, 3.05) is 12.8 Å². The maximum atomic E-state index is 13.0. The quantitative estimate of drug-likeness (QED) is 0.769. The van der Waals surface area contributed by atoms with Gasteiger partial charge < -0.3 is 4.90 Å². The Morgan fingerprint density at radius 3 is 2.46 bits per heavy atom. The fourth-order valence-electron chi connectivity index (χ4n) is 3.61. The van der Waals surface area contributed by atoms with Crippen molar-refractivity contribution in [1.82, 2.24) is 9.62 Å². The van der Waals surface area contributed by atoms with E-state index < -0.39 is 10.0 Å². The van der Waals surface area contributed by atoms with E-state index in [1.54, 1.807) is 18.2 Å². The molecule has 1 aliphatic heterocycles. The first kappa shape index (κ1) is 21.1. The van der Waals surface area contributed by atoms with Gasteiger partial charge in [0, 0.05) is 23.1 Å². The number of carbonyl (C=O) groups is 1. The molecule has 2 aromatic rings. The van der Waals surface area contributed by atoms with Gasteiger partial charge in [-0.15, -0.1) is 0 Å². The smallest absolute Gasteiger partial charge is 0.227 e. The summed E-state index contributed by atoms with van der Waals surface area (Å²) in [5, 5.41) is 0.972. The number of nitrogens with zero attached hydrogens (tertiary/aromatic N) is 1. The third-order valence-corrected chi connectivity index (χ3v) is 6.44. The van der Waals surface area contributed by atoms with Crippen molar-refractivity contribution < 1.29 is 13.2 Å². The molecule has 0 saturated heterocycles. The molecular weight excluding hydrogens is 419 g/mol. The molecule has 1 aliphatic rings. The van der Waals surface area contributed by atoms with Crippen LogP contribution in [-0.2, 0) is 34.2 Å². The fraction of sp³-hybridized carbons (Fsp3) is 0.350. The maximum Gasteiger partial charge on any atom is 0.227 e. The van der Waals surface area contributed by atoms with Gasteiger partial charge in [-0.1, -0.05) is 47.5 Å². The summed E-state index contributed by atoms with van der Waals surface area (Å²) in [5.41, 5.74) is 3.72. The second-order valence-electron chi connectivity index (χ2n) is 6.97. The molecule has 8 heteroatoms. The number of fused-ring (bicyclic) bond motifs is 1. The van der Waals surface area contributed by atoms with Crippen LogP contribution in [0.25, 0.3) is 0 Å². The number of sulfonamides is 1. The zero-order valence-corrected chi connectivity index (χ0v) is 18.0. The number of carbonyl (C=O) groups excluding carboxylic acids is 1. The molecule has 5 nitrogen and oxygen atoms in total. The monoisotopic (exact) mass is 440 g/mol. The van der Waals surface area contributed by atoms with Crippen molar-refractivity contribution in [3.8, 4) is 0 Å². The van der Waals surface area contributed by atoms with Crippen molar-refractivity contribution in [2.24, 2.45) is 0 Å². The second kappa shape index (κ2) is 8.41. The van der Waals surface area contributed by atoms with Gasteiger partial charge in [0.15, 0.2) is 0 Å². The molecule has 0 aliphatic carbocycles. The zero-order chi connectivity index (χ0) is 20.5. The van der Waals surface area contributed by atoms with Crippen molar-refractivity contribution in [3.05, 3.63) is 68.7 Å².